The van der Waals surface area contributed by atoms with Gasteiger partial charge in [0.2, 0.25) is 0 Å². The quantitative estimate of drug-likeness (QED) is 0.242. The van der Waals surface area contributed by atoms with E-state index in [0.717, 1.165) is 29.2 Å². The Hall–Kier alpha value is -1.93. The Bertz CT molecular complexity index is 660. The Morgan fingerprint density at radius 2 is 1.56 bits per heavy atom. The number of allylic oxidation sites excluding steroid dienone is 1. The standard InChI is InChI=1S/C23H30O2/c1-2-3-4-5-6-7-8-9-12-17-25-19-23(24)22-16-15-20-13-10-11-14-21(20)18-22/h2,10-11,13-16,18H,1,3-9,12,17,19H2. The molecule has 25 heavy (non-hydrogen) atoms. The number of hydrogen-bond donors (Lipinski definition) is 0. The number of benzene rings is 2. The van der Waals surface area contributed by atoms with Crippen LogP contribution in [0.25, 0.3) is 10.8 Å². The van der Waals surface area contributed by atoms with E-state index in [4.69, 9.17) is 4.74 Å². The minimum absolute atomic E-state index is 0.0629. The van der Waals surface area contributed by atoms with Gasteiger partial charge in [-0.2, -0.15) is 0 Å². The van der Waals surface area contributed by atoms with Crippen LogP contribution >= 0.6 is 0 Å². The number of ether oxygens (including phenoxy) is 1. The molecule has 0 unspecified atom stereocenters. The van der Waals surface area contributed by atoms with E-state index >= 15 is 0 Å². The zero-order chi connectivity index (χ0) is 17.7. The van der Waals surface area contributed by atoms with Gasteiger partial charge in [0.15, 0.2) is 5.78 Å². The van der Waals surface area contributed by atoms with Crippen molar-refractivity contribution in [1.82, 2.24) is 0 Å². The Balaban J connectivity index is 1.55. The molecule has 0 N–H and O–H groups in total. The topological polar surface area (TPSA) is 26.3 Å². The fourth-order valence-corrected chi connectivity index (χ4v) is 2.99. The minimum Gasteiger partial charge on any atom is -0.373 e. The molecular weight excluding hydrogens is 308 g/mol. The SMILES string of the molecule is C=CCCCCCCCCCOCC(=O)c1ccc2ccccc2c1. The number of unbranched alkanes of at least 4 members (excludes halogenated alkanes) is 7. The maximum Gasteiger partial charge on any atom is 0.188 e. The second-order valence-corrected chi connectivity index (χ2v) is 6.59. The Kier molecular flexibility index (Phi) is 9.00. The Morgan fingerprint density at radius 1 is 0.880 bits per heavy atom. The molecule has 2 rings (SSSR count). The van der Waals surface area contributed by atoms with Crippen molar-refractivity contribution in [3.05, 3.63) is 60.7 Å². The van der Waals surface area contributed by atoms with Crippen LogP contribution in [-0.4, -0.2) is 19.0 Å². The number of fused-ring (bicyclic) bond motifs is 1. The number of Topliss-reactive ketones (excluding diaryl/α,β-unsaturated/α-hetero) is 1. The molecule has 0 spiro atoms. The van der Waals surface area contributed by atoms with Crippen molar-refractivity contribution < 1.29 is 9.53 Å². The van der Waals surface area contributed by atoms with Crippen LogP contribution in [0.4, 0.5) is 0 Å². The summed E-state index contributed by atoms with van der Waals surface area (Å²) in [7, 11) is 0. The molecule has 0 atom stereocenters. The molecule has 0 heterocycles. The largest absolute Gasteiger partial charge is 0.373 e. The summed E-state index contributed by atoms with van der Waals surface area (Å²) in [5, 5.41) is 2.26. The van der Waals surface area contributed by atoms with Gasteiger partial charge in [0.05, 0.1) is 0 Å². The van der Waals surface area contributed by atoms with Gasteiger partial charge in [-0.3, -0.25) is 4.79 Å². The van der Waals surface area contributed by atoms with Gasteiger partial charge in [0, 0.05) is 12.2 Å². The summed E-state index contributed by atoms with van der Waals surface area (Å²) in [6.07, 6.45) is 11.8. The van der Waals surface area contributed by atoms with Gasteiger partial charge in [-0.25, -0.2) is 0 Å². The Morgan fingerprint density at radius 3 is 2.32 bits per heavy atom. The summed E-state index contributed by atoms with van der Waals surface area (Å²) in [6, 6.07) is 13.9. The summed E-state index contributed by atoms with van der Waals surface area (Å²) >= 11 is 0. The molecule has 0 aromatic heterocycles. The number of hydrogen-bond acceptors (Lipinski definition) is 2. The highest BCUT2D eigenvalue weighted by Crippen LogP contribution is 2.16. The third-order valence-electron chi connectivity index (χ3n) is 4.50. The van der Waals surface area contributed by atoms with Gasteiger partial charge >= 0.3 is 0 Å². The summed E-state index contributed by atoms with van der Waals surface area (Å²) in [4.78, 5) is 12.2. The number of carbonyl (C=O) groups excluding carboxylic acids is 1. The van der Waals surface area contributed by atoms with Crippen LogP contribution in [0.15, 0.2) is 55.1 Å². The molecule has 2 aromatic rings. The molecule has 0 saturated carbocycles. The fraction of sp³-hybridized carbons (Fsp3) is 0.435. The molecule has 0 aliphatic carbocycles. The second-order valence-electron chi connectivity index (χ2n) is 6.59. The van der Waals surface area contributed by atoms with E-state index in [1.165, 1.54) is 38.5 Å². The van der Waals surface area contributed by atoms with Crippen LogP contribution < -0.4 is 0 Å². The molecule has 0 radical (unpaired) electrons. The van der Waals surface area contributed by atoms with Crippen molar-refractivity contribution in [3.8, 4) is 0 Å². The van der Waals surface area contributed by atoms with Crippen LogP contribution in [0.2, 0.25) is 0 Å². The van der Waals surface area contributed by atoms with Crippen molar-refractivity contribution in [1.29, 1.82) is 0 Å². The molecule has 0 aliphatic heterocycles. The lowest BCUT2D eigenvalue weighted by Crippen LogP contribution is -2.09. The van der Waals surface area contributed by atoms with E-state index in [0.29, 0.717) is 6.61 Å². The molecular formula is C23H30O2. The number of ketones is 1. The lowest BCUT2D eigenvalue weighted by atomic mass is 10.0. The van der Waals surface area contributed by atoms with Gasteiger partial charge in [0.1, 0.15) is 6.61 Å². The van der Waals surface area contributed by atoms with Crippen molar-refractivity contribution >= 4 is 16.6 Å². The van der Waals surface area contributed by atoms with E-state index in [1.807, 2.05) is 42.5 Å². The van der Waals surface area contributed by atoms with Gasteiger partial charge in [-0.15, -0.1) is 6.58 Å². The monoisotopic (exact) mass is 338 g/mol. The first-order valence-electron chi connectivity index (χ1n) is 9.52. The van der Waals surface area contributed by atoms with Crippen LogP contribution in [0.3, 0.4) is 0 Å². The average Bonchev–Trinajstić information content (AvgIpc) is 2.65. The highest BCUT2D eigenvalue weighted by molar-refractivity contribution is 6.00. The van der Waals surface area contributed by atoms with Crippen molar-refractivity contribution in [2.24, 2.45) is 0 Å². The van der Waals surface area contributed by atoms with E-state index in [9.17, 15) is 4.79 Å². The first kappa shape index (κ1) is 19.4. The molecule has 0 saturated heterocycles. The summed E-state index contributed by atoms with van der Waals surface area (Å²) in [5.41, 5.74) is 0.734. The third kappa shape index (κ3) is 7.23. The summed E-state index contributed by atoms with van der Waals surface area (Å²) in [6.45, 7) is 4.60. The highest BCUT2D eigenvalue weighted by atomic mass is 16.5. The van der Waals surface area contributed by atoms with Gasteiger partial charge in [-0.05, 0) is 36.1 Å². The van der Waals surface area contributed by atoms with Gasteiger partial charge in [-0.1, -0.05) is 74.6 Å². The predicted octanol–water partition coefficient (Wildman–Crippen LogP) is 6.35. The van der Waals surface area contributed by atoms with Crippen LogP contribution in [0, 0.1) is 0 Å². The van der Waals surface area contributed by atoms with E-state index in [-0.39, 0.29) is 12.4 Å². The first-order valence-corrected chi connectivity index (χ1v) is 9.52. The van der Waals surface area contributed by atoms with E-state index < -0.39 is 0 Å². The maximum absolute atomic E-state index is 12.2. The molecule has 134 valence electrons. The minimum atomic E-state index is 0.0629. The zero-order valence-electron chi connectivity index (χ0n) is 15.2. The van der Waals surface area contributed by atoms with Crippen LogP contribution in [0.5, 0.6) is 0 Å². The highest BCUT2D eigenvalue weighted by Gasteiger charge is 2.06. The lowest BCUT2D eigenvalue weighted by molar-refractivity contribution is 0.0752. The first-order chi connectivity index (χ1) is 12.3. The Labute approximate surface area is 151 Å². The van der Waals surface area contributed by atoms with Gasteiger partial charge < -0.3 is 4.74 Å². The zero-order valence-corrected chi connectivity index (χ0v) is 15.2. The van der Waals surface area contributed by atoms with Crippen molar-refractivity contribution in [2.45, 2.75) is 51.4 Å². The molecule has 2 aromatic carbocycles. The lowest BCUT2D eigenvalue weighted by Gasteiger charge is -2.05. The second kappa shape index (κ2) is 11.6. The molecule has 0 bridgehead atoms. The molecule has 2 nitrogen and oxygen atoms in total. The molecule has 0 fully saturated rings. The predicted molar refractivity (Wildman–Crippen MR) is 106 cm³/mol. The smallest absolute Gasteiger partial charge is 0.188 e. The van der Waals surface area contributed by atoms with Crippen molar-refractivity contribution in [3.63, 3.8) is 0 Å². The fourth-order valence-electron chi connectivity index (χ4n) is 2.99. The normalized spacial score (nSPS) is 10.9. The third-order valence-corrected chi connectivity index (χ3v) is 4.50. The summed E-state index contributed by atoms with van der Waals surface area (Å²) in [5.74, 6) is 0.0629. The van der Waals surface area contributed by atoms with E-state index in [2.05, 4.69) is 12.6 Å². The molecule has 0 amide bonds. The summed E-state index contributed by atoms with van der Waals surface area (Å²) < 4.78 is 5.56. The molecule has 2 heteroatoms. The van der Waals surface area contributed by atoms with Crippen LogP contribution in [0.1, 0.15) is 61.7 Å². The average molecular weight is 338 g/mol. The van der Waals surface area contributed by atoms with Gasteiger partial charge in [0.25, 0.3) is 0 Å². The van der Waals surface area contributed by atoms with Crippen LogP contribution in [-0.2, 0) is 4.74 Å². The number of carbonyl (C=O) groups is 1. The molecule has 0 aliphatic rings. The maximum atomic E-state index is 12.2. The van der Waals surface area contributed by atoms with Crippen molar-refractivity contribution in [2.75, 3.05) is 13.2 Å². The number of rotatable bonds is 13. The van der Waals surface area contributed by atoms with E-state index in [1.54, 1.807) is 0 Å².